The van der Waals surface area contributed by atoms with E-state index in [2.05, 4.69) is 48.2 Å². The summed E-state index contributed by atoms with van der Waals surface area (Å²) in [7, 11) is 3.51. The van der Waals surface area contributed by atoms with Gasteiger partial charge in [-0.2, -0.15) is 0 Å². The molecule has 24 heavy (non-hydrogen) atoms. The van der Waals surface area contributed by atoms with Gasteiger partial charge in [-0.3, -0.25) is 9.69 Å². The van der Waals surface area contributed by atoms with Crippen molar-refractivity contribution in [2.45, 2.75) is 65.0 Å². The van der Waals surface area contributed by atoms with Gasteiger partial charge < -0.3 is 15.5 Å². The number of nitrogens with zero attached hydrogens (tertiary/aromatic N) is 3. The second-order valence-corrected chi connectivity index (χ2v) is 7.62. The van der Waals surface area contributed by atoms with E-state index in [9.17, 15) is 4.79 Å². The molecule has 0 aliphatic carbocycles. The molecule has 6 nitrogen and oxygen atoms in total. The van der Waals surface area contributed by atoms with Crippen LogP contribution in [-0.4, -0.2) is 73.5 Å². The Morgan fingerprint density at radius 2 is 1.88 bits per heavy atom. The van der Waals surface area contributed by atoms with Gasteiger partial charge in [0.1, 0.15) is 6.54 Å². The van der Waals surface area contributed by atoms with Crippen molar-refractivity contribution in [2.24, 2.45) is 4.99 Å². The van der Waals surface area contributed by atoms with Crippen LogP contribution in [0, 0.1) is 0 Å². The zero-order valence-corrected chi connectivity index (χ0v) is 16.5. The molecule has 0 aromatic heterocycles. The lowest BCUT2D eigenvalue weighted by molar-refractivity contribution is -0.127. The number of likely N-dealkylation sites (tertiary alicyclic amines) is 1. The first-order valence-electron chi connectivity index (χ1n) is 9.26. The molecule has 0 bridgehead atoms. The number of rotatable bonds is 7. The summed E-state index contributed by atoms with van der Waals surface area (Å²) in [6.45, 7) is 12.1. The Kier molecular flexibility index (Phi) is 8.53. The Hall–Kier alpha value is -1.30. The normalized spacial score (nSPS) is 18.2. The number of guanidine groups is 1. The van der Waals surface area contributed by atoms with E-state index in [1.807, 2.05) is 0 Å². The highest BCUT2D eigenvalue weighted by Crippen LogP contribution is 2.19. The topological polar surface area (TPSA) is 60.0 Å². The summed E-state index contributed by atoms with van der Waals surface area (Å²) >= 11 is 0. The Bertz CT molecular complexity index is 414. The molecule has 0 aromatic rings. The zero-order chi connectivity index (χ0) is 18.2. The molecule has 1 saturated heterocycles. The fraction of sp³-hybridized carbons (Fsp3) is 0.889. The van der Waals surface area contributed by atoms with Crippen LogP contribution in [0.3, 0.4) is 0 Å². The first kappa shape index (κ1) is 20.7. The monoisotopic (exact) mass is 339 g/mol. The van der Waals surface area contributed by atoms with Crippen molar-refractivity contribution in [3.8, 4) is 0 Å². The lowest BCUT2D eigenvalue weighted by atomic mass is 9.98. The van der Waals surface area contributed by atoms with Crippen molar-refractivity contribution < 1.29 is 4.79 Å². The van der Waals surface area contributed by atoms with Gasteiger partial charge in [0.25, 0.3) is 0 Å². The van der Waals surface area contributed by atoms with Crippen molar-refractivity contribution >= 4 is 11.9 Å². The van der Waals surface area contributed by atoms with E-state index < -0.39 is 0 Å². The Labute approximate surface area is 148 Å². The maximum Gasteiger partial charge on any atom is 0.243 e. The van der Waals surface area contributed by atoms with Gasteiger partial charge in [0.2, 0.25) is 5.91 Å². The van der Waals surface area contributed by atoms with Crippen LogP contribution < -0.4 is 10.6 Å². The van der Waals surface area contributed by atoms with E-state index in [0.29, 0.717) is 6.04 Å². The SMILES string of the molecule is CCC(C)NC(=NCC(=O)N(C)C)NCC(C)(C)N1CCCCC1. The van der Waals surface area contributed by atoms with Crippen LogP contribution in [0.25, 0.3) is 0 Å². The number of carbonyl (C=O) groups is 1. The summed E-state index contributed by atoms with van der Waals surface area (Å²) in [4.78, 5) is 20.4. The van der Waals surface area contributed by atoms with Crippen LogP contribution in [0.1, 0.15) is 53.4 Å². The fourth-order valence-corrected chi connectivity index (χ4v) is 2.69. The number of nitrogens with one attached hydrogen (secondary N) is 2. The predicted octanol–water partition coefficient (Wildman–Crippen LogP) is 1.67. The van der Waals surface area contributed by atoms with Crippen molar-refractivity contribution in [3.05, 3.63) is 0 Å². The number of hydrogen-bond acceptors (Lipinski definition) is 3. The number of carbonyl (C=O) groups excluding carboxylic acids is 1. The zero-order valence-electron chi connectivity index (χ0n) is 16.5. The molecule has 0 aromatic carbocycles. The van der Waals surface area contributed by atoms with E-state index in [4.69, 9.17) is 0 Å². The van der Waals surface area contributed by atoms with E-state index >= 15 is 0 Å². The average molecular weight is 340 g/mol. The second-order valence-electron chi connectivity index (χ2n) is 7.62. The van der Waals surface area contributed by atoms with Crippen LogP contribution in [-0.2, 0) is 4.79 Å². The lowest BCUT2D eigenvalue weighted by Gasteiger charge is -2.41. The average Bonchev–Trinajstić information content (AvgIpc) is 2.57. The summed E-state index contributed by atoms with van der Waals surface area (Å²) in [5.41, 5.74) is 0.0733. The molecule has 1 atom stereocenters. The third kappa shape index (κ3) is 7.07. The number of likely N-dealkylation sites (N-methyl/N-ethyl adjacent to an activating group) is 1. The van der Waals surface area contributed by atoms with Crippen LogP contribution >= 0.6 is 0 Å². The van der Waals surface area contributed by atoms with Crippen LogP contribution in [0.4, 0.5) is 0 Å². The Morgan fingerprint density at radius 3 is 2.42 bits per heavy atom. The second kappa shape index (κ2) is 9.87. The van der Waals surface area contributed by atoms with E-state index in [0.717, 1.165) is 18.9 Å². The molecule has 1 unspecified atom stereocenters. The molecular weight excluding hydrogens is 302 g/mol. The number of amides is 1. The molecule has 0 spiro atoms. The highest BCUT2D eigenvalue weighted by Gasteiger charge is 2.28. The first-order valence-corrected chi connectivity index (χ1v) is 9.26. The molecule has 0 radical (unpaired) electrons. The summed E-state index contributed by atoms with van der Waals surface area (Å²) in [6.07, 6.45) is 4.92. The molecule has 140 valence electrons. The Balaban J connectivity index is 2.65. The van der Waals surface area contributed by atoms with E-state index in [1.165, 1.54) is 32.4 Å². The van der Waals surface area contributed by atoms with Crippen LogP contribution in [0.2, 0.25) is 0 Å². The largest absolute Gasteiger partial charge is 0.355 e. The molecule has 6 heteroatoms. The Morgan fingerprint density at radius 1 is 1.25 bits per heavy atom. The minimum Gasteiger partial charge on any atom is -0.355 e. The van der Waals surface area contributed by atoms with E-state index in [1.54, 1.807) is 19.0 Å². The van der Waals surface area contributed by atoms with Gasteiger partial charge in [-0.15, -0.1) is 0 Å². The first-order chi connectivity index (χ1) is 11.3. The molecule has 1 aliphatic rings. The molecule has 1 heterocycles. The standard InChI is InChI=1S/C18H37N5O/c1-7-15(2)21-17(19-13-16(24)22(5)6)20-14-18(3,4)23-11-9-8-10-12-23/h15H,7-14H2,1-6H3,(H2,19,20,21). The van der Waals surface area contributed by atoms with Gasteiger partial charge in [0.05, 0.1) is 0 Å². The molecule has 1 rings (SSSR count). The van der Waals surface area contributed by atoms with Crippen LogP contribution in [0.15, 0.2) is 4.99 Å². The number of piperidine rings is 1. The van der Waals surface area contributed by atoms with Gasteiger partial charge in [0.15, 0.2) is 5.96 Å². The molecule has 1 aliphatic heterocycles. The van der Waals surface area contributed by atoms with Crippen molar-refractivity contribution in [2.75, 3.05) is 40.3 Å². The minimum atomic E-state index is 0.00976. The smallest absolute Gasteiger partial charge is 0.243 e. The molecular formula is C18H37N5O. The summed E-state index contributed by atoms with van der Waals surface area (Å²) in [5.74, 6) is 0.736. The third-order valence-electron chi connectivity index (χ3n) is 4.77. The summed E-state index contributed by atoms with van der Waals surface area (Å²) < 4.78 is 0. The van der Waals surface area contributed by atoms with Gasteiger partial charge in [0, 0.05) is 32.2 Å². The molecule has 2 N–H and O–H groups in total. The number of aliphatic imine (C=N–C) groups is 1. The van der Waals surface area contributed by atoms with Gasteiger partial charge in [-0.1, -0.05) is 13.3 Å². The minimum absolute atomic E-state index is 0.00976. The maximum atomic E-state index is 11.8. The summed E-state index contributed by atoms with van der Waals surface area (Å²) in [6, 6.07) is 0.323. The fourth-order valence-electron chi connectivity index (χ4n) is 2.69. The summed E-state index contributed by atoms with van der Waals surface area (Å²) in [5, 5.41) is 6.83. The third-order valence-corrected chi connectivity index (χ3v) is 4.77. The molecule has 0 saturated carbocycles. The quantitative estimate of drug-likeness (QED) is 0.547. The molecule has 1 fully saturated rings. The highest BCUT2D eigenvalue weighted by molar-refractivity contribution is 5.84. The molecule has 1 amide bonds. The van der Waals surface area contributed by atoms with Crippen molar-refractivity contribution in [3.63, 3.8) is 0 Å². The lowest BCUT2D eigenvalue weighted by Crippen LogP contribution is -2.55. The van der Waals surface area contributed by atoms with Gasteiger partial charge in [-0.25, -0.2) is 4.99 Å². The van der Waals surface area contributed by atoms with Crippen molar-refractivity contribution in [1.82, 2.24) is 20.4 Å². The highest BCUT2D eigenvalue weighted by atomic mass is 16.2. The van der Waals surface area contributed by atoms with Crippen molar-refractivity contribution in [1.29, 1.82) is 0 Å². The number of hydrogen-bond donors (Lipinski definition) is 2. The predicted molar refractivity (Wildman–Crippen MR) is 101 cm³/mol. The van der Waals surface area contributed by atoms with Gasteiger partial charge in [-0.05, 0) is 53.1 Å². The van der Waals surface area contributed by atoms with E-state index in [-0.39, 0.29) is 18.0 Å². The van der Waals surface area contributed by atoms with Gasteiger partial charge >= 0.3 is 0 Å². The maximum absolute atomic E-state index is 11.8. The van der Waals surface area contributed by atoms with Crippen LogP contribution in [0.5, 0.6) is 0 Å².